The van der Waals surface area contributed by atoms with Crippen LogP contribution in [0.25, 0.3) is 0 Å². The van der Waals surface area contributed by atoms with Crippen molar-refractivity contribution in [3.05, 3.63) is 89.5 Å². The zero-order valence-electron chi connectivity index (χ0n) is 17.2. The Hall–Kier alpha value is -3.12. The molecule has 0 radical (unpaired) electrons. The Morgan fingerprint density at radius 1 is 1.00 bits per heavy atom. The van der Waals surface area contributed by atoms with Crippen LogP contribution in [0.1, 0.15) is 28.4 Å². The third-order valence-corrected chi connectivity index (χ3v) is 7.36. The number of carbonyl (C=O) groups is 1. The van der Waals surface area contributed by atoms with Gasteiger partial charge in [-0.15, -0.1) is 0 Å². The second-order valence-corrected chi connectivity index (χ2v) is 9.66. The van der Waals surface area contributed by atoms with Crippen LogP contribution in [0.5, 0.6) is 0 Å². The highest BCUT2D eigenvalue weighted by Gasteiger charge is 2.31. The van der Waals surface area contributed by atoms with E-state index >= 15 is 0 Å². The summed E-state index contributed by atoms with van der Waals surface area (Å²) < 4.78 is 27.3. The van der Waals surface area contributed by atoms with Crippen molar-refractivity contribution in [1.29, 1.82) is 0 Å². The summed E-state index contributed by atoms with van der Waals surface area (Å²) in [6, 6.07) is 21.5. The van der Waals surface area contributed by atoms with E-state index in [-0.39, 0.29) is 16.8 Å². The van der Waals surface area contributed by atoms with Gasteiger partial charge in [0.05, 0.1) is 10.6 Å². The van der Waals surface area contributed by atoms with Crippen LogP contribution in [0.15, 0.2) is 77.7 Å². The van der Waals surface area contributed by atoms with Gasteiger partial charge in [0, 0.05) is 24.3 Å². The van der Waals surface area contributed by atoms with E-state index in [4.69, 9.17) is 0 Å². The summed E-state index contributed by atoms with van der Waals surface area (Å²) in [5.41, 5.74) is 3.96. The van der Waals surface area contributed by atoms with Gasteiger partial charge in [-0.1, -0.05) is 42.0 Å². The first-order valence-electron chi connectivity index (χ1n) is 9.86. The number of aryl methyl sites for hydroxylation is 1. The number of benzene rings is 3. The summed E-state index contributed by atoms with van der Waals surface area (Å²) in [5.74, 6) is -0.129. The molecule has 0 aliphatic carbocycles. The quantitative estimate of drug-likeness (QED) is 0.628. The van der Waals surface area contributed by atoms with Gasteiger partial charge in [-0.05, 0) is 62.2 Å². The molecule has 5 nitrogen and oxygen atoms in total. The number of hydrogen-bond acceptors (Lipinski definition) is 3. The Labute approximate surface area is 177 Å². The van der Waals surface area contributed by atoms with Gasteiger partial charge in [0.25, 0.3) is 15.9 Å². The maximum atomic E-state index is 13.3. The topological polar surface area (TPSA) is 57.7 Å². The van der Waals surface area contributed by atoms with Crippen molar-refractivity contribution >= 4 is 27.3 Å². The summed E-state index contributed by atoms with van der Waals surface area (Å²) >= 11 is 0. The molecule has 1 heterocycles. The van der Waals surface area contributed by atoms with E-state index in [1.165, 1.54) is 11.4 Å². The van der Waals surface area contributed by atoms with Gasteiger partial charge >= 0.3 is 0 Å². The first-order valence-corrected chi connectivity index (χ1v) is 11.3. The van der Waals surface area contributed by atoms with Crippen LogP contribution in [0, 0.1) is 6.92 Å². The molecule has 6 heteroatoms. The Morgan fingerprint density at radius 2 is 1.70 bits per heavy atom. The van der Waals surface area contributed by atoms with Crippen LogP contribution in [0.3, 0.4) is 0 Å². The number of hydrogen-bond donors (Lipinski definition) is 0. The molecule has 1 atom stereocenters. The Kier molecular flexibility index (Phi) is 5.12. The Morgan fingerprint density at radius 3 is 2.43 bits per heavy atom. The molecular formula is C24H24N2O3S. The van der Waals surface area contributed by atoms with Crippen LogP contribution < -0.4 is 9.21 Å². The molecule has 0 bridgehead atoms. The maximum absolute atomic E-state index is 13.3. The van der Waals surface area contributed by atoms with E-state index in [0.717, 1.165) is 23.2 Å². The third-order valence-electron chi connectivity index (χ3n) is 5.56. The second kappa shape index (κ2) is 7.61. The molecule has 1 amide bonds. The van der Waals surface area contributed by atoms with Gasteiger partial charge in [0.2, 0.25) is 0 Å². The lowest BCUT2D eigenvalue weighted by atomic mass is 10.1. The predicted octanol–water partition coefficient (Wildman–Crippen LogP) is 4.41. The number of rotatable bonds is 4. The molecule has 0 N–H and O–H groups in total. The highest BCUT2D eigenvalue weighted by atomic mass is 32.2. The average Bonchev–Trinajstić information content (AvgIpc) is 3.08. The highest BCUT2D eigenvalue weighted by molar-refractivity contribution is 7.92. The van der Waals surface area contributed by atoms with Crippen molar-refractivity contribution in [3.8, 4) is 0 Å². The number of carbonyl (C=O) groups excluding carboxylic acids is 1. The molecule has 30 heavy (non-hydrogen) atoms. The van der Waals surface area contributed by atoms with Crippen LogP contribution >= 0.6 is 0 Å². The molecule has 0 saturated carbocycles. The molecular weight excluding hydrogens is 396 g/mol. The molecule has 154 valence electrons. The minimum absolute atomic E-state index is 0.0487. The first kappa shape index (κ1) is 20.2. The summed E-state index contributed by atoms with van der Waals surface area (Å²) in [7, 11) is -2.21. The molecule has 4 rings (SSSR count). The van der Waals surface area contributed by atoms with E-state index in [1.807, 2.05) is 38.1 Å². The van der Waals surface area contributed by atoms with E-state index < -0.39 is 10.0 Å². The lowest BCUT2D eigenvalue weighted by Crippen LogP contribution is -2.36. The SMILES string of the molecule is Cc1ccc(S(=O)(=O)N(C)c2cccc(C(=O)N3c4ccccc4C[C@@H]3C)c2)cc1. The Balaban J connectivity index is 1.66. The van der Waals surface area contributed by atoms with Crippen molar-refractivity contribution < 1.29 is 13.2 Å². The third kappa shape index (κ3) is 3.48. The number of para-hydroxylation sites is 1. The molecule has 3 aromatic rings. The van der Waals surface area contributed by atoms with Crippen molar-refractivity contribution in [1.82, 2.24) is 0 Å². The standard InChI is InChI=1S/C24H24N2O3S/c1-17-11-13-22(14-12-17)30(28,29)25(3)21-9-6-8-20(16-21)24(27)26-18(2)15-19-7-4-5-10-23(19)26/h4-14,16,18H,15H2,1-3H3/t18-/m0/s1. The molecule has 0 aromatic heterocycles. The summed E-state index contributed by atoms with van der Waals surface area (Å²) in [6.45, 7) is 3.93. The van der Waals surface area contributed by atoms with Gasteiger partial charge in [-0.25, -0.2) is 8.42 Å². The summed E-state index contributed by atoms with van der Waals surface area (Å²) in [5, 5.41) is 0. The van der Waals surface area contributed by atoms with E-state index in [1.54, 1.807) is 53.4 Å². The van der Waals surface area contributed by atoms with Gasteiger partial charge in [-0.3, -0.25) is 9.10 Å². The molecule has 0 spiro atoms. The lowest BCUT2D eigenvalue weighted by molar-refractivity contribution is 0.0981. The summed E-state index contributed by atoms with van der Waals surface area (Å²) in [4.78, 5) is 15.3. The largest absolute Gasteiger partial charge is 0.305 e. The molecule has 0 saturated heterocycles. The fraction of sp³-hybridized carbons (Fsp3) is 0.208. The second-order valence-electron chi connectivity index (χ2n) is 7.69. The minimum atomic E-state index is -3.72. The first-order chi connectivity index (χ1) is 14.3. The zero-order chi connectivity index (χ0) is 21.5. The monoisotopic (exact) mass is 420 g/mol. The van der Waals surface area contributed by atoms with Crippen molar-refractivity contribution in [2.24, 2.45) is 0 Å². The average molecular weight is 421 g/mol. The van der Waals surface area contributed by atoms with Crippen LogP contribution in [-0.4, -0.2) is 27.4 Å². The van der Waals surface area contributed by atoms with E-state index in [2.05, 4.69) is 0 Å². The molecule has 1 aliphatic rings. The smallest absolute Gasteiger partial charge is 0.264 e. The van der Waals surface area contributed by atoms with Gasteiger partial charge in [0.15, 0.2) is 0 Å². The van der Waals surface area contributed by atoms with Crippen molar-refractivity contribution in [2.45, 2.75) is 31.2 Å². The number of nitrogens with zero attached hydrogens (tertiary/aromatic N) is 2. The fourth-order valence-electron chi connectivity index (χ4n) is 3.86. The zero-order valence-corrected chi connectivity index (χ0v) is 18.1. The highest BCUT2D eigenvalue weighted by Crippen LogP contribution is 2.33. The van der Waals surface area contributed by atoms with Crippen LogP contribution in [-0.2, 0) is 16.4 Å². The number of fused-ring (bicyclic) bond motifs is 1. The number of anilines is 2. The van der Waals surface area contributed by atoms with Crippen molar-refractivity contribution in [2.75, 3.05) is 16.3 Å². The number of amides is 1. The predicted molar refractivity (Wildman–Crippen MR) is 120 cm³/mol. The molecule has 1 aliphatic heterocycles. The van der Waals surface area contributed by atoms with Gasteiger partial charge in [-0.2, -0.15) is 0 Å². The minimum Gasteiger partial charge on any atom is -0.305 e. The Bertz CT molecular complexity index is 1200. The van der Waals surface area contributed by atoms with E-state index in [9.17, 15) is 13.2 Å². The van der Waals surface area contributed by atoms with Crippen LogP contribution in [0.4, 0.5) is 11.4 Å². The fourth-order valence-corrected chi connectivity index (χ4v) is 5.04. The number of sulfonamides is 1. The molecule has 0 unspecified atom stereocenters. The van der Waals surface area contributed by atoms with E-state index in [0.29, 0.717) is 11.3 Å². The van der Waals surface area contributed by atoms with Gasteiger partial charge < -0.3 is 4.90 Å². The van der Waals surface area contributed by atoms with Crippen LogP contribution in [0.2, 0.25) is 0 Å². The van der Waals surface area contributed by atoms with Crippen molar-refractivity contribution in [3.63, 3.8) is 0 Å². The molecule has 0 fully saturated rings. The van der Waals surface area contributed by atoms with Gasteiger partial charge in [0.1, 0.15) is 0 Å². The lowest BCUT2D eigenvalue weighted by Gasteiger charge is -2.24. The molecule has 3 aromatic carbocycles. The normalized spacial score (nSPS) is 15.7. The summed E-state index contributed by atoms with van der Waals surface area (Å²) in [6.07, 6.45) is 0.809. The maximum Gasteiger partial charge on any atom is 0.264 e.